The van der Waals surface area contributed by atoms with Crippen LogP contribution in [0.2, 0.25) is 0 Å². The average Bonchev–Trinajstić information content (AvgIpc) is 3.29. The van der Waals surface area contributed by atoms with Gasteiger partial charge < -0.3 is 23.8 Å². The smallest absolute Gasteiger partial charge is 0.231 e. The van der Waals surface area contributed by atoms with Gasteiger partial charge in [-0.2, -0.15) is 0 Å². The highest BCUT2D eigenvalue weighted by Gasteiger charge is 2.29. The monoisotopic (exact) mass is 423 g/mol. The Morgan fingerprint density at radius 3 is 2.58 bits per heavy atom. The highest BCUT2D eigenvalue weighted by molar-refractivity contribution is 5.76. The van der Waals surface area contributed by atoms with Crippen LogP contribution in [0.5, 0.6) is 23.0 Å². The number of carbonyl (C=O) groups is 1. The molecule has 1 fully saturated rings. The summed E-state index contributed by atoms with van der Waals surface area (Å²) in [6.45, 7) is 1.60. The number of hydrogen-bond acceptors (Lipinski definition) is 5. The van der Waals surface area contributed by atoms with Crippen LogP contribution in [0.3, 0.4) is 0 Å². The standard InChI is InChI=1S/C25H29NO5/c27-24(13-18-7-2-1-3-8-18)26(14-19-9-6-12-23-25(19)30-17-29-23)15-20-16-28-21-10-4-5-11-22(21)31-20/h4-6,9-12,18,20H,1-3,7-8,13-17H2. The zero-order valence-corrected chi connectivity index (χ0v) is 17.8. The van der Waals surface area contributed by atoms with Crippen LogP contribution < -0.4 is 18.9 Å². The molecule has 164 valence electrons. The van der Waals surface area contributed by atoms with Gasteiger partial charge in [-0.1, -0.05) is 43.5 Å². The fourth-order valence-corrected chi connectivity index (χ4v) is 4.74. The van der Waals surface area contributed by atoms with Crippen LogP contribution in [0.25, 0.3) is 0 Å². The van der Waals surface area contributed by atoms with Gasteiger partial charge in [0.15, 0.2) is 29.1 Å². The minimum Gasteiger partial charge on any atom is -0.486 e. The summed E-state index contributed by atoms with van der Waals surface area (Å²) < 4.78 is 23.2. The molecule has 1 saturated carbocycles. The number of rotatable bonds is 6. The van der Waals surface area contributed by atoms with Gasteiger partial charge >= 0.3 is 0 Å². The Morgan fingerprint density at radius 1 is 0.903 bits per heavy atom. The molecule has 2 heterocycles. The molecule has 5 rings (SSSR count). The Morgan fingerprint density at radius 2 is 1.71 bits per heavy atom. The van der Waals surface area contributed by atoms with E-state index in [0.29, 0.717) is 32.0 Å². The van der Waals surface area contributed by atoms with Gasteiger partial charge in [-0.05, 0) is 37.0 Å². The average molecular weight is 424 g/mol. The predicted octanol–water partition coefficient (Wildman–Crippen LogP) is 4.55. The molecule has 1 aliphatic carbocycles. The summed E-state index contributed by atoms with van der Waals surface area (Å²) in [6, 6.07) is 13.5. The van der Waals surface area contributed by atoms with Crippen molar-refractivity contribution in [3.8, 4) is 23.0 Å². The van der Waals surface area contributed by atoms with Crippen LogP contribution in [0.15, 0.2) is 42.5 Å². The molecule has 31 heavy (non-hydrogen) atoms. The molecule has 6 nitrogen and oxygen atoms in total. The van der Waals surface area contributed by atoms with Gasteiger partial charge in [0.2, 0.25) is 12.7 Å². The van der Waals surface area contributed by atoms with E-state index in [1.165, 1.54) is 19.3 Å². The summed E-state index contributed by atoms with van der Waals surface area (Å²) in [6.07, 6.45) is 6.42. The van der Waals surface area contributed by atoms with E-state index in [1.807, 2.05) is 47.4 Å². The van der Waals surface area contributed by atoms with Crippen molar-refractivity contribution in [3.63, 3.8) is 0 Å². The fourth-order valence-electron chi connectivity index (χ4n) is 4.74. The molecular formula is C25H29NO5. The van der Waals surface area contributed by atoms with Crippen molar-refractivity contribution in [1.29, 1.82) is 0 Å². The second-order valence-corrected chi connectivity index (χ2v) is 8.63. The fraction of sp³-hybridized carbons (Fsp3) is 0.480. The first-order valence-corrected chi connectivity index (χ1v) is 11.3. The molecule has 1 atom stereocenters. The van der Waals surface area contributed by atoms with Crippen molar-refractivity contribution in [3.05, 3.63) is 48.0 Å². The van der Waals surface area contributed by atoms with E-state index in [-0.39, 0.29) is 18.8 Å². The Labute approximate surface area is 183 Å². The molecule has 1 amide bonds. The van der Waals surface area contributed by atoms with Crippen LogP contribution >= 0.6 is 0 Å². The van der Waals surface area contributed by atoms with Crippen molar-refractivity contribution >= 4 is 5.91 Å². The quantitative estimate of drug-likeness (QED) is 0.682. The first kappa shape index (κ1) is 20.0. The van der Waals surface area contributed by atoms with E-state index < -0.39 is 0 Å². The van der Waals surface area contributed by atoms with E-state index in [0.717, 1.165) is 41.4 Å². The minimum absolute atomic E-state index is 0.172. The third-order valence-corrected chi connectivity index (χ3v) is 6.37. The molecule has 0 saturated heterocycles. The second kappa shape index (κ2) is 9.08. The first-order valence-electron chi connectivity index (χ1n) is 11.3. The van der Waals surface area contributed by atoms with Crippen LogP contribution in [0.4, 0.5) is 0 Å². The largest absolute Gasteiger partial charge is 0.486 e. The lowest BCUT2D eigenvalue weighted by molar-refractivity contribution is -0.134. The van der Waals surface area contributed by atoms with E-state index in [2.05, 4.69) is 0 Å². The molecule has 2 aromatic carbocycles. The Hall–Kier alpha value is -2.89. The number of benzene rings is 2. The van der Waals surface area contributed by atoms with Crippen molar-refractivity contribution in [2.45, 2.75) is 51.2 Å². The van der Waals surface area contributed by atoms with E-state index >= 15 is 0 Å². The number of nitrogens with zero attached hydrogens (tertiary/aromatic N) is 1. The number of fused-ring (bicyclic) bond motifs is 2. The van der Waals surface area contributed by atoms with Crippen molar-refractivity contribution < 1.29 is 23.7 Å². The molecule has 3 aliphatic rings. The van der Waals surface area contributed by atoms with Gasteiger partial charge in [-0.3, -0.25) is 4.79 Å². The van der Waals surface area contributed by atoms with Gasteiger partial charge in [0.1, 0.15) is 6.61 Å². The van der Waals surface area contributed by atoms with Crippen LogP contribution in [0, 0.1) is 5.92 Å². The van der Waals surface area contributed by atoms with Gasteiger partial charge in [0.25, 0.3) is 0 Å². The summed E-state index contributed by atoms with van der Waals surface area (Å²) in [5.74, 6) is 3.62. The summed E-state index contributed by atoms with van der Waals surface area (Å²) in [7, 11) is 0. The molecule has 6 heteroatoms. The van der Waals surface area contributed by atoms with Crippen molar-refractivity contribution in [2.75, 3.05) is 19.9 Å². The lowest BCUT2D eigenvalue weighted by Gasteiger charge is -2.32. The van der Waals surface area contributed by atoms with Gasteiger partial charge in [0, 0.05) is 18.5 Å². The minimum atomic E-state index is -0.209. The number of para-hydroxylation sites is 3. The van der Waals surface area contributed by atoms with Gasteiger partial charge in [0.05, 0.1) is 6.54 Å². The van der Waals surface area contributed by atoms with Gasteiger partial charge in [-0.15, -0.1) is 0 Å². The maximum absolute atomic E-state index is 13.4. The lowest BCUT2D eigenvalue weighted by atomic mass is 9.86. The Kier molecular flexibility index (Phi) is 5.87. The lowest BCUT2D eigenvalue weighted by Crippen LogP contribution is -2.43. The molecule has 0 N–H and O–H groups in total. The molecule has 0 aromatic heterocycles. The third kappa shape index (κ3) is 4.58. The summed E-state index contributed by atoms with van der Waals surface area (Å²) in [5.41, 5.74) is 0.962. The predicted molar refractivity (Wildman–Crippen MR) is 116 cm³/mol. The molecule has 0 bridgehead atoms. The molecule has 1 unspecified atom stereocenters. The summed E-state index contributed by atoms with van der Waals surface area (Å²) in [4.78, 5) is 15.3. The maximum atomic E-state index is 13.4. The molecular weight excluding hydrogens is 394 g/mol. The zero-order chi connectivity index (χ0) is 21.0. The second-order valence-electron chi connectivity index (χ2n) is 8.63. The maximum Gasteiger partial charge on any atom is 0.231 e. The molecule has 2 aliphatic heterocycles. The Balaban J connectivity index is 1.32. The third-order valence-electron chi connectivity index (χ3n) is 6.37. The van der Waals surface area contributed by atoms with E-state index in [1.54, 1.807) is 0 Å². The number of hydrogen-bond donors (Lipinski definition) is 0. The van der Waals surface area contributed by atoms with Crippen LogP contribution in [-0.4, -0.2) is 36.9 Å². The van der Waals surface area contributed by atoms with E-state index in [4.69, 9.17) is 18.9 Å². The number of amides is 1. The number of ether oxygens (including phenoxy) is 4. The van der Waals surface area contributed by atoms with E-state index in [9.17, 15) is 4.79 Å². The summed E-state index contributed by atoms with van der Waals surface area (Å²) in [5, 5.41) is 0. The molecule has 2 aromatic rings. The summed E-state index contributed by atoms with van der Waals surface area (Å²) >= 11 is 0. The van der Waals surface area contributed by atoms with Gasteiger partial charge in [-0.25, -0.2) is 0 Å². The highest BCUT2D eigenvalue weighted by Crippen LogP contribution is 2.37. The van der Waals surface area contributed by atoms with Crippen LogP contribution in [-0.2, 0) is 11.3 Å². The SMILES string of the molecule is O=C(CC1CCCCC1)N(Cc1cccc2c1OCO2)CC1COc2ccccc2O1. The Bertz CT molecular complexity index is 924. The van der Waals surface area contributed by atoms with Crippen molar-refractivity contribution in [2.24, 2.45) is 5.92 Å². The number of carbonyl (C=O) groups excluding carboxylic acids is 1. The highest BCUT2D eigenvalue weighted by atomic mass is 16.7. The van der Waals surface area contributed by atoms with Crippen molar-refractivity contribution in [1.82, 2.24) is 4.90 Å². The first-order chi connectivity index (χ1) is 15.3. The zero-order valence-electron chi connectivity index (χ0n) is 17.8. The topological polar surface area (TPSA) is 57.2 Å². The normalized spacial score (nSPS) is 19.8. The van der Waals surface area contributed by atoms with Crippen LogP contribution in [0.1, 0.15) is 44.1 Å². The molecule has 0 radical (unpaired) electrons. The molecule has 0 spiro atoms.